The Morgan fingerprint density at radius 1 is 1.19 bits per heavy atom. The normalized spacial score (nSPS) is 11.0. The van der Waals surface area contributed by atoms with Crippen LogP contribution in [-0.4, -0.2) is 20.0 Å². The van der Waals surface area contributed by atoms with E-state index in [4.69, 9.17) is 0 Å². The summed E-state index contributed by atoms with van der Waals surface area (Å²) in [5, 5.41) is 4.18. The number of aryl methyl sites for hydroxylation is 2. The largest absolute Gasteiger partial charge is 0.304 e. The third-order valence-electron chi connectivity index (χ3n) is 3.38. The third kappa shape index (κ3) is 2.50. The van der Waals surface area contributed by atoms with Crippen molar-refractivity contribution in [2.75, 3.05) is 0 Å². The molecular formula is C16H15N3O2. The van der Waals surface area contributed by atoms with Gasteiger partial charge in [-0.2, -0.15) is 5.10 Å². The van der Waals surface area contributed by atoms with Gasteiger partial charge >= 0.3 is 0 Å². The zero-order chi connectivity index (χ0) is 15.0. The minimum atomic E-state index is -0.209. The molecule has 0 N–H and O–H groups in total. The monoisotopic (exact) mass is 281 g/mol. The van der Waals surface area contributed by atoms with E-state index in [9.17, 15) is 9.59 Å². The van der Waals surface area contributed by atoms with Gasteiger partial charge < -0.3 is 4.57 Å². The molecule has 0 atom stereocenters. The number of hydrogen-bond acceptors (Lipinski definition) is 3. The number of rotatable bonds is 3. The van der Waals surface area contributed by atoms with Crippen LogP contribution >= 0.6 is 0 Å². The molecule has 0 aliphatic carbocycles. The molecule has 3 rings (SSSR count). The summed E-state index contributed by atoms with van der Waals surface area (Å²) >= 11 is 0. The summed E-state index contributed by atoms with van der Waals surface area (Å²) in [6.07, 6.45) is 3.28. The van der Waals surface area contributed by atoms with Gasteiger partial charge in [0.05, 0.1) is 12.2 Å². The summed E-state index contributed by atoms with van der Waals surface area (Å²) in [6.45, 7) is 3.79. The fraction of sp³-hybridized carbons (Fsp3) is 0.188. The summed E-state index contributed by atoms with van der Waals surface area (Å²) in [5.41, 5.74) is 2.68. The quantitative estimate of drug-likeness (QED) is 0.690. The zero-order valence-electron chi connectivity index (χ0n) is 11.9. The summed E-state index contributed by atoms with van der Waals surface area (Å²) in [4.78, 5) is 24.6. The molecule has 0 aliphatic rings. The molecule has 2 aromatic heterocycles. The first kappa shape index (κ1) is 13.3. The lowest BCUT2D eigenvalue weighted by Gasteiger charge is -2.06. The molecule has 106 valence electrons. The van der Waals surface area contributed by atoms with Crippen LogP contribution in [0.2, 0.25) is 0 Å². The number of hydrogen-bond donors (Lipinski definition) is 0. The van der Waals surface area contributed by atoms with Crippen LogP contribution in [0.1, 0.15) is 21.6 Å². The molecule has 0 bridgehead atoms. The Kier molecular flexibility index (Phi) is 3.17. The average Bonchev–Trinajstić information content (AvgIpc) is 2.83. The molecule has 21 heavy (non-hydrogen) atoms. The van der Waals surface area contributed by atoms with Crippen LogP contribution in [0.5, 0.6) is 0 Å². The molecule has 0 aliphatic heterocycles. The van der Waals surface area contributed by atoms with Crippen molar-refractivity contribution >= 4 is 11.3 Å². The predicted octanol–water partition coefficient (Wildman–Crippen LogP) is 2.00. The lowest BCUT2D eigenvalue weighted by atomic mass is 10.1. The second kappa shape index (κ2) is 5.01. The first-order valence-electron chi connectivity index (χ1n) is 6.70. The van der Waals surface area contributed by atoms with E-state index in [-0.39, 0.29) is 17.9 Å². The van der Waals surface area contributed by atoms with Crippen molar-refractivity contribution in [1.82, 2.24) is 14.2 Å². The molecule has 5 heteroatoms. The second-order valence-electron chi connectivity index (χ2n) is 5.14. The molecule has 3 aromatic rings. The standard InChI is InChI=1S/C16H15N3O2/c1-11-4-3-5-13(8-11)15(20)10-18-6-7-19-14(16(18)21)9-12(2)17-19/h3-9H,10H2,1-2H3. The van der Waals surface area contributed by atoms with E-state index < -0.39 is 0 Å². The van der Waals surface area contributed by atoms with Crippen LogP contribution in [0, 0.1) is 13.8 Å². The average molecular weight is 281 g/mol. The van der Waals surface area contributed by atoms with Crippen molar-refractivity contribution in [3.63, 3.8) is 0 Å². The molecule has 0 saturated heterocycles. The zero-order valence-corrected chi connectivity index (χ0v) is 11.9. The van der Waals surface area contributed by atoms with Gasteiger partial charge in [-0.1, -0.05) is 23.8 Å². The lowest BCUT2D eigenvalue weighted by Crippen LogP contribution is -2.25. The fourth-order valence-electron chi connectivity index (χ4n) is 2.34. The number of carbonyl (C=O) groups is 1. The minimum Gasteiger partial charge on any atom is -0.304 e. The molecule has 0 unspecified atom stereocenters. The van der Waals surface area contributed by atoms with Crippen LogP contribution < -0.4 is 5.56 Å². The lowest BCUT2D eigenvalue weighted by molar-refractivity contribution is 0.0971. The Morgan fingerprint density at radius 3 is 2.76 bits per heavy atom. The molecule has 0 radical (unpaired) electrons. The van der Waals surface area contributed by atoms with Gasteiger partial charge in [-0.05, 0) is 26.0 Å². The van der Waals surface area contributed by atoms with E-state index in [0.717, 1.165) is 11.3 Å². The van der Waals surface area contributed by atoms with Gasteiger partial charge in [-0.25, -0.2) is 4.52 Å². The van der Waals surface area contributed by atoms with Crippen LogP contribution in [0.4, 0.5) is 0 Å². The molecular weight excluding hydrogens is 266 g/mol. The van der Waals surface area contributed by atoms with Crippen molar-refractivity contribution in [3.05, 3.63) is 69.9 Å². The number of aromatic nitrogens is 3. The van der Waals surface area contributed by atoms with Crippen LogP contribution in [0.15, 0.2) is 47.5 Å². The van der Waals surface area contributed by atoms with Crippen molar-refractivity contribution in [2.24, 2.45) is 0 Å². The van der Waals surface area contributed by atoms with Gasteiger partial charge in [-0.3, -0.25) is 9.59 Å². The van der Waals surface area contributed by atoms with Crippen molar-refractivity contribution < 1.29 is 4.79 Å². The number of carbonyl (C=O) groups excluding carboxylic acids is 1. The molecule has 0 amide bonds. The molecule has 2 heterocycles. The summed E-state index contributed by atoms with van der Waals surface area (Å²) in [7, 11) is 0. The fourth-order valence-corrected chi connectivity index (χ4v) is 2.34. The number of fused-ring (bicyclic) bond motifs is 1. The molecule has 1 aromatic carbocycles. The Balaban J connectivity index is 1.96. The molecule has 0 saturated carbocycles. The minimum absolute atomic E-state index is 0.0308. The van der Waals surface area contributed by atoms with Crippen LogP contribution in [0.25, 0.3) is 5.52 Å². The Morgan fingerprint density at radius 2 is 2.00 bits per heavy atom. The summed E-state index contributed by atoms with van der Waals surface area (Å²) in [6, 6.07) is 9.09. The highest BCUT2D eigenvalue weighted by Crippen LogP contribution is 2.06. The summed E-state index contributed by atoms with van der Waals surface area (Å²) < 4.78 is 2.95. The van der Waals surface area contributed by atoms with Gasteiger partial charge in [-0.15, -0.1) is 0 Å². The highest BCUT2D eigenvalue weighted by molar-refractivity contribution is 5.96. The number of ketones is 1. The molecule has 0 spiro atoms. The number of nitrogens with zero attached hydrogens (tertiary/aromatic N) is 3. The highest BCUT2D eigenvalue weighted by Gasteiger charge is 2.10. The number of Topliss-reactive ketones (excluding diaryl/α,β-unsaturated/α-hetero) is 1. The van der Waals surface area contributed by atoms with Crippen molar-refractivity contribution in [1.29, 1.82) is 0 Å². The topological polar surface area (TPSA) is 56.4 Å². The van der Waals surface area contributed by atoms with Gasteiger partial charge in [0.1, 0.15) is 5.52 Å². The smallest absolute Gasteiger partial charge is 0.276 e. The van der Waals surface area contributed by atoms with Gasteiger partial charge in [0.15, 0.2) is 5.78 Å². The highest BCUT2D eigenvalue weighted by atomic mass is 16.1. The maximum atomic E-state index is 12.3. The van der Waals surface area contributed by atoms with Crippen LogP contribution in [0.3, 0.4) is 0 Å². The Hall–Kier alpha value is -2.69. The maximum Gasteiger partial charge on any atom is 0.276 e. The van der Waals surface area contributed by atoms with Crippen molar-refractivity contribution in [3.8, 4) is 0 Å². The van der Waals surface area contributed by atoms with E-state index in [1.807, 2.05) is 32.0 Å². The number of benzene rings is 1. The van der Waals surface area contributed by atoms with Crippen molar-refractivity contribution in [2.45, 2.75) is 20.4 Å². The van der Waals surface area contributed by atoms with Gasteiger partial charge in [0, 0.05) is 18.0 Å². The summed E-state index contributed by atoms with van der Waals surface area (Å²) in [5.74, 6) is -0.0820. The van der Waals surface area contributed by atoms with E-state index in [1.54, 1.807) is 24.5 Å². The SMILES string of the molecule is Cc1cccc(C(=O)Cn2ccn3nc(C)cc3c2=O)c1. The van der Waals surface area contributed by atoms with Gasteiger partial charge in [0.2, 0.25) is 0 Å². The Labute approximate surface area is 121 Å². The maximum absolute atomic E-state index is 12.3. The second-order valence-corrected chi connectivity index (χ2v) is 5.14. The third-order valence-corrected chi connectivity index (χ3v) is 3.38. The first-order chi connectivity index (χ1) is 10.0. The Bertz CT molecular complexity index is 890. The van der Waals surface area contributed by atoms with Gasteiger partial charge in [0.25, 0.3) is 5.56 Å². The first-order valence-corrected chi connectivity index (χ1v) is 6.70. The predicted molar refractivity (Wildman–Crippen MR) is 79.7 cm³/mol. The van der Waals surface area contributed by atoms with Crippen LogP contribution in [-0.2, 0) is 6.54 Å². The van der Waals surface area contributed by atoms with E-state index in [1.165, 1.54) is 9.08 Å². The van der Waals surface area contributed by atoms with E-state index in [2.05, 4.69) is 5.10 Å². The van der Waals surface area contributed by atoms with E-state index in [0.29, 0.717) is 11.1 Å². The van der Waals surface area contributed by atoms with E-state index >= 15 is 0 Å². The molecule has 0 fully saturated rings. The molecule has 5 nitrogen and oxygen atoms in total.